The van der Waals surface area contributed by atoms with E-state index in [4.69, 9.17) is 20.4 Å². The maximum Gasteiger partial charge on any atom is 0.490 e. The second kappa shape index (κ2) is 8.95. The number of carboxylic acids is 1. The van der Waals surface area contributed by atoms with Gasteiger partial charge in [0, 0.05) is 18.3 Å². The molecule has 0 saturated heterocycles. The highest BCUT2D eigenvalue weighted by Crippen LogP contribution is 2.30. The summed E-state index contributed by atoms with van der Waals surface area (Å²) in [5, 5.41) is 14.4. The number of benzene rings is 2. The molecular weight excluding hydrogens is 391 g/mol. The summed E-state index contributed by atoms with van der Waals surface area (Å²) in [7, 11) is 3.42. The highest BCUT2D eigenvalue weighted by atomic mass is 19.4. The summed E-state index contributed by atoms with van der Waals surface area (Å²) in [6, 6.07) is 15.9. The third kappa shape index (κ3) is 5.86. The smallest absolute Gasteiger partial charge is 0.490 e. The van der Waals surface area contributed by atoms with Crippen LogP contribution in [0.5, 0.6) is 5.75 Å². The number of nitrogens with two attached hydrogens (primary N) is 1. The number of aryl methyl sites for hydroxylation is 1. The third-order valence-corrected chi connectivity index (χ3v) is 3.60. The predicted molar refractivity (Wildman–Crippen MR) is 101 cm³/mol. The number of carboxylic acid groups (broad SMARTS) is 1. The van der Waals surface area contributed by atoms with Crippen LogP contribution in [0.4, 0.5) is 30.8 Å². The quantitative estimate of drug-likeness (QED) is 0.604. The van der Waals surface area contributed by atoms with Crippen molar-refractivity contribution in [2.75, 3.05) is 18.2 Å². The molecular formula is C18H18F3N5O3. The fraction of sp³-hybridized carbons (Fsp3) is 0.167. The van der Waals surface area contributed by atoms with Crippen LogP contribution in [0.2, 0.25) is 0 Å². The number of nitrogens with one attached hydrogen (secondary N) is 1. The number of nitrogens with zero attached hydrogens (tertiary/aromatic N) is 3. The number of anilines is 3. The molecule has 8 nitrogen and oxygen atoms in total. The van der Waals surface area contributed by atoms with E-state index < -0.39 is 12.1 Å². The normalized spacial score (nSPS) is 10.7. The highest BCUT2D eigenvalue weighted by molar-refractivity contribution is 5.73. The number of nitrogen functional groups attached to an aromatic ring is 1. The number of para-hydroxylation sites is 1. The van der Waals surface area contributed by atoms with Crippen molar-refractivity contribution in [3.63, 3.8) is 0 Å². The third-order valence-electron chi connectivity index (χ3n) is 3.60. The number of aromatic nitrogens is 3. The Labute approximate surface area is 163 Å². The lowest BCUT2D eigenvalue weighted by Crippen LogP contribution is -2.21. The summed E-state index contributed by atoms with van der Waals surface area (Å²) in [4.78, 5) is 13.0. The molecule has 0 aliphatic heterocycles. The van der Waals surface area contributed by atoms with Crippen LogP contribution in [-0.2, 0) is 11.8 Å². The van der Waals surface area contributed by atoms with E-state index in [2.05, 4.69) is 15.4 Å². The van der Waals surface area contributed by atoms with Crippen molar-refractivity contribution in [3.05, 3.63) is 48.5 Å². The second-order valence-corrected chi connectivity index (χ2v) is 5.62. The van der Waals surface area contributed by atoms with Gasteiger partial charge < -0.3 is 20.9 Å². The van der Waals surface area contributed by atoms with Gasteiger partial charge in [0.2, 0.25) is 11.9 Å². The number of methoxy groups -OCH3 is 1. The molecule has 0 unspecified atom stereocenters. The Kier molecular flexibility index (Phi) is 6.65. The van der Waals surface area contributed by atoms with Gasteiger partial charge >= 0.3 is 12.1 Å². The first-order valence-electron chi connectivity index (χ1n) is 8.09. The van der Waals surface area contributed by atoms with Gasteiger partial charge in [-0.3, -0.25) is 0 Å². The van der Waals surface area contributed by atoms with Crippen molar-refractivity contribution in [3.8, 4) is 16.9 Å². The predicted octanol–water partition coefficient (Wildman–Crippen LogP) is 3.45. The van der Waals surface area contributed by atoms with Crippen LogP contribution in [-0.4, -0.2) is 39.1 Å². The van der Waals surface area contributed by atoms with E-state index in [1.807, 2.05) is 48.5 Å². The van der Waals surface area contributed by atoms with Gasteiger partial charge in [-0.1, -0.05) is 30.3 Å². The average Bonchev–Trinajstić information content (AvgIpc) is 2.99. The lowest BCUT2D eigenvalue weighted by molar-refractivity contribution is -0.192. The topological polar surface area (TPSA) is 115 Å². The van der Waals surface area contributed by atoms with E-state index in [-0.39, 0.29) is 0 Å². The summed E-state index contributed by atoms with van der Waals surface area (Å²) in [5.74, 6) is -1.06. The van der Waals surface area contributed by atoms with Crippen molar-refractivity contribution in [1.29, 1.82) is 0 Å². The zero-order chi connectivity index (χ0) is 21.6. The number of rotatable bonds is 4. The number of hydrogen-bond donors (Lipinski definition) is 3. The molecule has 0 radical (unpaired) electrons. The standard InChI is InChI=1S/C16H17N5O.C2HF3O2/c1-21-15(17)19-16(20-21)18-12-9-7-11(8-10-12)13-5-3-4-6-14(13)22-2;3-2(4,5)1(6)7/h3-10H,1-2H3,(H3,17,18,19,20);(H,6,7). The molecule has 0 saturated carbocycles. The van der Waals surface area contributed by atoms with Crippen LogP contribution in [0.25, 0.3) is 11.1 Å². The zero-order valence-corrected chi connectivity index (χ0v) is 15.4. The van der Waals surface area contributed by atoms with Gasteiger partial charge in [0.25, 0.3) is 0 Å². The molecule has 0 aliphatic rings. The van der Waals surface area contributed by atoms with Crippen molar-refractivity contribution in [2.24, 2.45) is 7.05 Å². The Hall–Kier alpha value is -3.76. The van der Waals surface area contributed by atoms with Crippen molar-refractivity contribution in [2.45, 2.75) is 6.18 Å². The van der Waals surface area contributed by atoms with Crippen molar-refractivity contribution < 1.29 is 27.8 Å². The molecule has 3 rings (SSSR count). The minimum Gasteiger partial charge on any atom is -0.496 e. The average molecular weight is 409 g/mol. The van der Waals surface area contributed by atoms with E-state index in [1.54, 1.807) is 14.2 Å². The van der Waals surface area contributed by atoms with Gasteiger partial charge in [-0.25, -0.2) is 9.48 Å². The van der Waals surface area contributed by atoms with E-state index in [0.717, 1.165) is 22.6 Å². The first kappa shape index (κ1) is 21.5. The van der Waals surface area contributed by atoms with Gasteiger partial charge in [-0.05, 0) is 23.8 Å². The van der Waals surface area contributed by atoms with E-state index >= 15 is 0 Å². The summed E-state index contributed by atoms with van der Waals surface area (Å²) in [6.45, 7) is 0. The minimum absolute atomic E-state index is 0.369. The molecule has 1 heterocycles. The van der Waals surface area contributed by atoms with Crippen LogP contribution >= 0.6 is 0 Å². The molecule has 11 heteroatoms. The van der Waals surface area contributed by atoms with Crippen LogP contribution < -0.4 is 15.8 Å². The molecule has 29 heavy (non-hydrogen) atoms. The molecule has 0 fully saturated rings. The molecule has 1 aromatic heterocycles. The number of hydrogen-bond acceptors (Lipinski definition) is 6. The van der Waals surface area contributed by atoms with Crippen LogP contribution in [0.3, 0.4) is 0 Å². The second-order valence-electron chi connectivity index (χ2n) is 5.62. The van der Waals surface area contributed by atoms with Crippen molar-refractivity contribution in [1.82, 2.24) is 14.8 Å². The largest absolute Gasteiger partial charge is 0.496 e. The molecule has 0 atom stereocenters. The number of ether oxygens (including phenoxy) is 1. The highest BCUT2D eigenvalue weighted by Gasteiger charge is 2.38. The summed E-state index contributed by atoms with van der Waals surface area (Å²) >= 11 is 0. The van der Waals surface area contributed by atoms with Crippen LogP contribution in [0, 0.1) is 0 Å². The van der Waals surface area contributed by atoms with Crippen molar-refractivity contribution >= 4 is 23.6 Å². The fourth-order valence-corrected chi connectivity index (χ4v) is 2.19. The lowest BCUT2D eigenvalue weighted by atomic mass is 10.0. The molecule has 4 N–H and O–H groups in total. The van der Waals surface area contributed by atoms with E-state index in [1.165, 1.54) is 4.68 Å². The minimum atomic E-state index is -5.08. The Morgan fingerprint density at radius 2 is 1.76 bits per heavy atom. The van der Waals surface area contributed by atoms with E-state index in [9.17, 15) is 13.2 Å². The molecule has 2 aromatic carbocycles. The Morgan fingerprint density at radius 1 is 1.17 bits per heavy atom. The molecule has 0 amide bonds. The van der Waals surface area contributed by atoms with E-state index in [0.29, 0.717) is 11.9 Å². The molecule has 0 bridgehead atoms. The number of alkyl halides is 3. The molecule has 3 aromatic rings. The van der Waals surface area contributed by atoms with Gasteiger partial charge in [0.15, 0.2) is 0 Å². The molecule has 0 aliphatic carbocycles. The molecule has 154 valence electrons. The first-order valence-corrected chi connectivity index (χ1v) is 8.09. The summed E-state index contributed by atoms with van der Waals surface area (Å²) < 4.78 is 38.6. The van der Waals surface area contributed by atoms with Gasteiger partial charge in [0.05, 0.1) is 7.11 Å². The number of carbonyl (C=O) groups is 1. The first-order chi connectivity index (χ1) is 13.6. The zero-order valence-electron chi connectivity index (χ0n) is 15.4. The maximum absolute atomic E-state index is 10.6. The fourth-order valence-electron chi connectivity index (χ4n) is 2.19. The van der Waals surface area contributed by atoms with Gasteiger partial charge in [-0.2, -0.15) is 18.2 Å². The number of aliphatic carboxylic acids is 1. The van der Waals surface area contributed by atoms with Crippen LogP contribution in [0.15, 0.2) is 48.5 Å². The summed E-state index contributed by atoms with van der Waals surface area (Å²) in [5.41, 5.74) is 8.69. The van der Waals surface area contributed by atoms with Crippen LogP contribution in [0.1, 0.15) is 0 Å². The molecule has 0 spiro atoms. The SMILES string of the molecule is COc1ccccc1-c1ccc(Nc2nc(N)n(C)n2)cc1.O=C(O)C(F)(F)F. The Balaban J connectivity index is 0.000000370. The summed E-state index contributed by atoms with van der Waals surface area (Å²) in [6.07, 6.45) is -5.08. The maximum atomic E-state index is 10.6. The Bertz CT molecular complexity index is 952. The lowest BCUT2D eigenvalue weighted by Gasteiger charge is -2.09. The van der Waals surface area contributed by atoms with Gasteiger partial charge in [-0.15, -0.1) is 5.10 Å². The number of halogens is 3. The Morgan fingerprint density at radius 3 is 2.24 bits per heavy atom. The van der Waals surface area contributed by atoms with Gasteiger partial charge in [0.1, 0.15) is 5.75 Å². The monoisotopic (exact) mass is 409 g/mol.